The van der Waals surface area contributed by atoms with Gasteiger partial charge in [-0.3, -0.25) is 4.79 Å². The Kier molecular flexibility index (Phi) is 2.25. The van der Waals surface area contributed by atoms with E-state index in [1.807, 2.05) is 13.8 Å². The molecule has 0 aromatic heterocycles. The SMILES string of the molecule is CC(O)C1C(=O)N2C1SC(C)(C)C2C#N. The van der Waals surface area contributed by atoms with E-state index in [1.54, 1.807) is 23.6 Å². The molecular weight excluding hydrogens is 212 g/mol. The molecule has 0 radical (unpaired) electrons. The number of hydrogen-bond acceptors (Lipinski definition) is 4. The fraction of sp³-hybridized carbons (Fsp3) is 0.800. The normalized spacial score (nSPS) is 39.3. The van der Waals surface area contributed by atoms with Gasteiger partial charge in [-0.15, -0.1) is 11.8 Å². The first-order chi connectivity index (χ1) is 6.90. The first kappa shape index (κ1) is 10.8. The van der Waals surface area contributed by atoms with Gasteiger partial charge in [0.25, 0.3) is 0 Å². The lowest BCUT2D eigenvalue weighted by Gasteiger charge is -2.44. The number of rotatable bonds is 1. The smallest absolute Gasteiger partial charge is 0.233 e. The molecule has 4 unspecified atom stereocenters. The molecule has 2 rings (SSSR count). The summed E-state index contributed by atoms with van der Waals surface area (Å²) in [6.45, 7) is 5.57. The van der Waals surface area contributed by atoms with Crippen LogP contribution in [0.15, 0.2) is 0 Å². The molecule has 0 bridgehead atoms. The Hall–Kier alpha value is -0.730. The van der Waals surface area contributed by atoms with Gasteiger partial charge in [0, 0.05) is 4.75 Å². The maximum absolute atomic E-state index is 11.7. The van der Waals surface area contributed by atoms with E-state index in [1.165, 1.54) is 0 Å². The van der Waals surface area contributed by atoms with Crippen molar-refractivity contribution in [3.8, 4) is 6.07 Å². The van der Waals surface area contributed by atoms with Crippen molar-refractivity contribution in [3.63, 3.8) is 0 Å². The molecule has 4 atom stereocenters. The molecule has 4 nitrogen and oxygen atoms in total. The average molecular weight is 226 g/mol. The lowest BCUT2D eigenvalue weighted by atomic mass is 9.89. The minimum Gasteiger partial charge on any atom is -0.392 e. The topological polar surface area (TPSA) is 64.3 Å². The van der Waals surface area contributed by atoms with Crippen LogP contribution in [0.25, 0.3) is 0 Å². The third-order valence-electron chi connectivity index (χ3n) is 3.12. The molecular formula is C10H14N2O2S. The zero-order valence-corrected chi connectivity index (χ0v) is 9.78. The average Bonchev–Trinajstić information content (AvgIpc) is 2.33. The summed E-state index contributed by atoms with van der Waals surface area (Å²) in [6.07, 6.45) is -0.625. The fourth-order valence-electron chi connectivity index (χ4n) is 2.29. The number of fused-ring (bicyclic) bond motifs is 1. The molecule has 5 heteroatoms. The Bertz CT molecular complexity index is 348. The van der Waals surface area contributed by atoms with E-state index < -0.39 is 6.10 Å². The lowest BCUT2D eigenvalue weighted by molar-refractivity contribution is -0.157. The van der Waals surface area contributed by atoms with Gasteiger partial charge in [-0.1, -0.05) is 0 Å². The highest BCUT2D eigenvalue weighted by Crippen LogP contribution is 2.53. The van der Waals surface area contributed by atoms with Crippen molar-refractivity contribution >= 4 is 17.7 Å². The Morgan fingerprint density at radius 3 is 2.73 bits per heavy atom. The van der Waals surface area contributed by atoms with Crippen LogP contribution in [0, 0.1) is 17.2 Å². The number of nitrogens with zero attached hydrogens (tertiary/aromatic N) is 2. The molecule has 2 aliphatic heterocycles. The number of aliphatic hydroxyl groups is 1. The summed E-state index contributed by atoms with van der Waals surface area (Å²) in [5, 5.41) is 18.5. The Morgan fingerprint density at radius 1 is 1.67 bits per heavy atom. The second-order valence-corrected chi connectivity index (χ2v) is 6.43. The molecule has 0 aromatic rings. The first-order valence-corrected chi connectivity index (χ1v) is 5.86. The van der Waals surface area contributed by atoms with E-state index in [0.717, 1.165) is 0 Å². The Morgan fingerprint density at radius 2 is 2.27 bits per heavy atom. The quantitative estimate of drug-likeness (QED) is 0.664. The highest BCUT2D eigenvalue weighted by Gasteiger charge is 2.62. The van der Waals surface area contributed by atoms with E-state index in [9.17, 15) is 9.90 Å². The van der Waals surface area contributed by atoms with Crippen molar-refractivity contribution in [2.75, 3.05) is 0 Å². The standard InChI is InChI=1S/C10H14N2O2S/c1-5(13)7-8(14)12-6(4-11)10(2,3)15-9(7)12/h5-7,9,13H,1-3H3. The van der Waals surface area contributed by atoms with Crippen molar-refractivity contribution in [1.82, 2.24) is 4.90 Å². The number of nitriles is 1. The predicted octanol–water partition coefficient (Wildman–Crippen LogP) is 0.569. The molecule has 0 saturated carbocycles. The second-order valence-electron chi connectivity index (χ2n) is 4.66. The maximum Gasteiger partial charge on any atom is 0.233 e. The highest BCUT2D eigenvalue weighted by atomic mass is 32.2. The third-order valence-corrected chi connectivity index (χ3v) is 4.72. The van der Waals surface area contributed by atoms with Crippen LogP contribution in [0.4, 0.5) is 0 Å². The summed E-state index contributed by atoms with van der Waals surface area (Å²) < 4.78 is -0.237. The highest BCUT2D eigenvalue weighted by molar-refractivity contribution is 8.01. The van der Waals surface area contributed by atoms with Crippen LogP contribution in [0.2, 0.25) is 0 Å². The molecule has 0 aromatic carbocycles. The van der Waals surface area contributed by atoms with Crippen LogP contribution in [0.1, 0.15) is 20.8 Å². The lowest BCUT2D eigenvalue weighted by Crippen LogP contribution is -2.63. The number of β-lactam (4-membered cyclic amide) rings is 1. The zero-order valence-electron chi connectivity index (χ0n) is 8.97. The van der Waals surface area contributed by atoms with Gasteiger partial charge in [-0.25, -0.2) is 0 Å². The van der Waals surface area contributed by atoms with E-state index in [0.29, 0.717) is 0 Å². The number of amides is 1. The van der Waals surface area contributed by atoms with E-state index >= 15 is 0 Å². The minimum atomic E-state index is -0.625. The summed E-state index contributed by atoms with van der Waals surface area (Å²) >= 11 is 1.61. The first-order valence-electron chi connectivity index (χ1n) is 4.98. The van der Waals surface area contributed by atoms with Gasteiger partial charge >= 0.3 is 0 Å². The summed E-state index contributed by atoms with van der Waals surface area (Å²) in [5.41, 5.74) is 0. The molecule has 1 amide bonds. The summed E-state index contributed by atoms with van der Waals surface area (Å²) in [4.78, 5) is 13.4. The van der Waals surface area contributed by atoms with Crippen LogP contribution in [0.5, 0.6) is 0 Å². The summed E-state index contributed by atoms with van der Waals surface area (Å²) in [6, 6.07) is 1.81. The van der Waals surface area contributed by atoms with Gasteiger partial charge < -0.3 is 10.0 Å². The molecule has 0 spiro atoms. The van der Waals surface area contributed by atoms with Gasteiger partial charge in [-0.2, -0.15) is 5.26 Å². The van der Waals surface area contributed by atoms with Crippen LogP contribution in [0.3, 0.4) is 0 Å². The summed E-state index contributed by atoms with van der Waals surface area (Å²) in [7, 11) is 0. The van der Waals surface area contributed by atoms with Crippen molar-refractivity contribution < 1.29 is 9.90 Å². The molecule has 0 aliphatic carbocycles. The number of carbonyl (C=O) groups is 1. The van der Waals surface area contributed by atoms with E-state index in [4.69, 9.17) is 5.26 Å². The van der Waals surface area contributed by atoms with Crippen molar-refractivity contribution in [1.29, 1.82) is 5.26 Å². The predicted molar refractivity (Wildman–Crippen MR) is 56.9 cm³/mol. The second kappa shape index (κ2) is 3.13. The van der Waals surface area contributed by atoms with Gasteiger partial charge in [0.2, 0.25) is 5.91 Å². The van der Waals surface area contributed by atoms with Crippen molar-refractivity contribution in [2.24, 2.45) is 5.92 Å². The van der Waals surface area contributed by atoms with E-state index in [2.05, 4.69) is 6.07 Å². The maximum atomic E-state index is 11.7. The molecule has 2 aliphatic rings. The third kappa shape index (κ3) is 1.28. The Labute approximate surface area is 93.2 Å². The van der Waals surface area contributed by atoms with Gasteiger partial charge in [0.15, 0.2) is 0 Å². The van der Waals surface area contributed by atoms with Crippen molar-refractivity contribution in [2.45, 2.75) is 43.0 Å². The fourth-order valence-corrected chi connectivity index (χ4v) is 4.03. The number of thioether (sulfide) groups is 1. The van der Waals surface area contributed by atoms with Crippen LogP contribution >= 0.6 is 11.8 Å². The number of carbonyl (C=O) groups excluding carboxylic acids is 1. The van der Waals surface area contributed by atoms with Crippen molar-refractivity contribution in [3.05, 3.63) is 0 Å². The molecule has 2 heterocycles. The zero-order chi connectivity index (χ0) is 11.4. The van der Waals surface area contributed by atoms with Gasteiger partial charge in [0.1, 0.15) is 6.04 Å². The number of aliphatic hydroxyl groups excluding tert-OH is 1. The largest absolute Gasteiger partial charge is 0.392 e. The van der Waals surface area contributed by atoms with Crippen LogP contribution in [-0.4, -0.2) is 38.2 Å². The van der Waals surface area contributed by atoms with Crippen LogP contribution in [-0.2, 0) is 4.79 Å². The molecule has 2 saturated heterocycles. The Balaban J connectivity index is 2.26. The van der Waals surface area contributed by atoms with Crippen LogP contribution < -0.4 is 0 Å². The molecule has 15 heavy (non-hydrogen) atoms. The molecule has 2 fully saturated rings. The van der Waals surface area contributed by atoms with Gasteiger partial charge in [-0.05, 0) is 20.8 Å². The number of hydrogen-bond donors (Lipinski definition) is 1. The molecule has 82 valence electrons. The van der Waals surface area contributed by atoms with E-state index in [-0.39, 0.29) is 28.0 Å². The monoisotopic (exact) mass is 226 g/mol. The summed E-state index contributed by atoms with van der Waals surface area (Å²) in [5.74, 6) is -0.410. The molecule has 1 N–H and O–H groups in total. The van der Waals surface area contributed by atoms with Gasteiger partial charge in [0.05, 0.1) is 23.5 Å². The minimum absolute atomic E-state index is 0.0165.